The number of amides is 1. The highest BCUT2D eigenvalue weighted by Crippen LogP contribution is 2.22. The summed E-state index contributed by atoms with van der Waals surface area (Å²) in [4.78, 5) is 13.6. The largest absolute Gasteiger partial charge is 0.341 e. The van der Waals surface area contributed by atoms with Gasteiger partial charge in [-0.25, -0.2) is 0 Å². The van der Waals surface area contributed by atoms with Crippen molar-refractivity contribution in [3.63, 3.8) is 0 Å². The molecule has 2 heteroatoms. The monoisotopic (exact) mass is 219 g/mol. The molecule has 1 amide bonds. The van der Waals surface area contributed by atoms with Crippen LogP contribution in [0.2, 0.25) is 0 Å². The summed E-state index contributed by atoms with van der Waals surface area (Å²) in [5, 5.41) is 0. The molecule has 2 rings (SSSR count). The Kier molecular flexibility index (Phi) is 4.11. The molecule has 1 aromatic rings. The lowest BCUT2D eigenvalue weighted by atomic mass is 9.93. The molecule has 0 aliphatic carbocycles. The van der Waals surface area contributed by atoms with Gasteiger partial charge in [0.25, 0.3) is 5.91 Å². The molecule has 0 aromatic heterocycles. The van der Waals surface area contributed by atoms with Crippen LogP contribution in [0, 0.1) is 13.8 Å². The third-order valence-corrected chi connectivity index (χ3v) is 2.89. The van der Waals surface area contributed by atoms with Gasteiger partial charge >= 0.3 is 0 Å². The fourth-order valence-electron chi connectivity index (χ4n) is 2.11. The van der Waals surface area contributed by atoms with Crippen molar-refractivity contribution in [2.24, 2.45) is 0 Å². The number of carbonyl (C=O) groups is 1. The van der Waals surface area contributed by atoms with Crippen LogP contribution in [-0.4, -0.2) is 24.4 Å². The van der Waals surface area contributed by atoms with Gasteiger partial charge in [0, 0.05) is 19.2 Å². The van der Waals surface area contributed by atoms with Crippen LogP contribution in [0.25, 0.3) is 0 Å². The standard InChI is InChI=1S/C12H15NO.C2H6/c1-8-6-9(2)10-4-5-13(3)12(14)11(10)7-8;1-2/h6-7H,4-5H2,1-3H3;1-2H3. The highest BCUT2D eigenvalue weighted by atomic mass is 16.2. The topological polar surface area (TPSA) is 20.3 Å². The van der Waals surface area contributed by atoms with Crippen molar-refractivity contribution < 1.29 is 4.79 Å². The Morgan fingerprint density at radius 2 is 1.81 bits per heavy atom. The quantitative estimate of drug-likeness (QED) is 0.657. The zero-order valence-corrected chi connectivity index (χ0v) is 10.9. The van der Waals surface area contributed by atoms with E-state index in [1.807, 2.05) is 33.9 Å². The van der Waals surface area contributed by atoms with E-state index < -0.39 is 0 Å². The van der Waals surface area contributed by atoms with Crippen molar-refractivity contribution in [1.29, 1.82) is 0 Å². The SMILES string of the molecule is CC.Cc1cc(C)c2c(c1)C(=O)N(C)CC2. The first-order valence-electron chi connectivity index (χ1n) is 5.95. The van der Waals surface area contributed by atoms with Crippen LogP contribution in [0.3, 0.4) is 0 Å². The van der Waals surface area contributed by atoms with Crippen LogP contribution in [0.15, 0.2) is 12.1 Å². The van der Waals surface area contributed by atoms with Crippen LogP contribution < -0.4 is 0 Å². The van der Waals surface area contributed by atoms with Crippen LogP contribution in [0.4, 0.5) is 0 Å². The van der Waals surface area contributed by atoms with Gasteiger partial charge in [-0.15, -0.1) is 0 Å². The van der Waals surface area contributed by atoms with Crippen molar-refractivity contribution in [1.82, 2.24) is 4.90 Å². The lowest BCUT2D eigenvalue weighted by molar-refractivity contribution is 0.0780. The van der Waals surface area contributed by atoms with Gasteiger partial charge in [-0.1, -0.05) is 25.5 Å². The number of aryl methyl sites for hydroxylation is 2. The summed E-state index contributed by atoms with van der Waals surface area (Å²) in [5.74, 6) is 0.165. The van der Waals surface area contributed by atoms with E-state index in [1.165, 1.54) is 16.7 Å². The zero-order valence-electron chi connectivity index (χ0n) is 10.9. The molecule has 0 bridgehead atoms. The van der Waals surface area contributed by atoms with E-state index in [0.717, 1.165) is 18.5 Å². The summed E-state index contributed by atoms with van der Waals surface area (Å²) in [7, 11) is 1.86. The van der Waals surface area contributed by atoms with Crippen LogP contribution in [-0.2, 0) is 6.42 Å². The van der Waals surface area contributed by atoms with Gasteiger partial charge in [0.05, 0.1) is 0 Å². The average Bonchev–Trinajstić information content (AvgIpc) is 2.27. The maximum Gasteiger partial charge on any atom is 0.253 e. The molecule has 2 nitrogen and oxygen atoms in total. The summed E-state index contributed by atoms with van der Waals surface area (Å²) in [6.07, 6.45) is 0.990. The van der Waals surface area contributed by atoms with E-state index in [9.17, 15) is 4.79 Å². The van der Waals surface area contributed by atoms with Crippen molar-refractivity contribution >= 4 is 5.91 Å². The van der Waals surface area contributed by atoms with Crippen molar-refractivity contribution in [3.8, 4) is 0 Å². The molecule has 1 aliphatic rings. The number of hydrogen-bond donors (Lipinski definition) is 0. The van der Waals surface area contributed by atoms with E-state index in [0.29, 0.717) is 0 Å². The molecule has 0 fully saturated rings. The summed E-state index contributed by atoms with van der Waals surface area (Å²) >= 11 is 0. The number of nitrogens with zero attached hydrogens (tertiary/aromatic N) is 1. The molecule has 1 aromatic carbocycles. The summed E-state index contributed by atoms with van der Waals surface area (Å²) in [6, 6.07) is 4.15. The highest BCUT2D eigenvalue weighted by molar-refractivity contribution is 5.97. The summed E-state index contributed by atoms with van der Waals surface area (Å²) in [6.45, 7) is 8.97. The minimum absolute atomic E-state index is 0.165. The fourth-order valence-corrected chi connectivity index (χ4v) is 2.11. The Balaban J connectivity index is 0.000000606. The molecule has 0 N–H and O–H groups in total. The van der Waals surface area contributed by atoms with E-state index >= 15 is 0 Å². The van der Waals surface area contributed by atoms with Gasteiger partial charge in [0.2, 0.25) is 0 Å². The first-order chi connectivity index (χ1) is 7.59. The number of rotatable bonds is 0. The van der Waals surface area contributed by atoms with Crippen LogP contribution in [0.5, 0.6) is 0 Å². The van der Waals surface area contributed by atoms with Crippen molar-refractivity contribution in [2.45, 2.75) is 34.1 Å². The van der Waals surface area contributed by atoms with Gasteiger partial charge in [0.15, 0.2) is 0 Å². The Hall–Kier alpha value is -1.31. The molecule has 88 valence electrons. The third kappa shape index (κ3) is 2.26. The minimum atomic E-state index is 0.165. The molecular weight excluding hydrogens is 198 g/mol. The Morgan fingerprint density at radius 1 is 1.19 bits per heavy atom. The van der Waals surface area contributed by atoms with E-state index in [2.05, 4.69) is 13.0 Å². The van der Waals surface area contributed by atoms with E-state index in [-0.39, 0.29) is 5.91 Å². The van der Waals surface area contributed by atoms with Crippen LogP contribution in [0.1, 0.15) is 40.9 Å². The van der Waals surface area contributed by atoms with Gasteiger partial charge < -0.3 is 4.90 Å². The average molecular weight is 219 g/mol. The molecule has 1 aliphatic heterocycles. The van der Waals surface area contributed by atoms with Gasteiger partial charge in [-0.3, -0.25) is 4.79 Å². The Morgan fingerprint density at radius 3 is 2.44 bits per heavy atom. The number of likely N-dealkylation sites (N-methyl/N-ethyl adjacent to an activating group) is 1. The summed E-state index contributed by atoms with van der Waals surface area (Å²) in [5.41, 5.74) is 4.56. The summed E-state index contributed by atoms with van der Waals surface area (Å²) < 4.78 is 0. The smallest absolute Gasteiger partial charge is 0.253 e. The number of carbonyl (C=O) groups excluding carboxylic acids is 1. The third-order valence-electron chi connectivity index (χ3n) is 2.89. The minimum Gasteiger partial charge on any atom is -0.341 e. The highest BCUT2D eigenvalue weighted by Gasteiger charge is 2.22. The van der Waals surface area contributed by atoms with Crippen LogP contribution >= 0.6 is 0 Å². The molecule has 1 heterocycles. The fraction of sp³-hybridized carbons (Fsp3) is 0.500. The maximum absolute atomic E-state index is 11.8. The molecule has 0 unspecified atom stereocenters. The number of fused-ring (bicyclic) bond motifs is 1. The molecule has 0 saturated heterocycles. The predicted octanol–water partition coefficient (Wildman–Crippen LogP) is 2.96. The molecular formula is C14H21NO. The Bertz CT molecular complexity index is 396. The van der Waals surface area contributed by atoms with Gasteiger partial charge in [0.1, 0.15) is 0 Å². The number of hydrogen-bond acceptors (Lipinski definition) is 1. The second-order valence-electron chi connectivity index (χ2n) is 4.08. The van der Waals surface area contributed by atoms with Crippen molar-refractivity contribution in [2.75, 3.05) is 13.6 Å². The molecule has 16 heavy (non-hydrogen) atoms. The van der Waals surface area contributed by atoms with Gasteiger partial charge in [-0.05, 0) is 37.5 Å². The van der Waals surface area contributed by atoms with E-state index in [1.54, 1.807) is 4.90 Å². The molecule has 0 saturated carbocycles. The Labute approximate surface area is 98.3 Å². The first-order valence-corrected chi connectivity index (χ1v) is 5.95. The lowest BCUT2D eigenvalue weighted by Gasteiger charge is -2.26. The normalized spacial score (nSPS) is 14.1. The second-order valence-corrected chi connectivity index (χ2v) is 4.08. The zero-order chi connectivity index (χ0) is 12.3. The predicted molar refractivity (Wildman–Crippen MR) is 67.9 cm³/mol. The van der Waals surface area contributed by atoms with Crippen molar-refractivity contribution in [3.05, 3.63) is 34.4 Å². The molecule has 0 spiro atoms. The maximum atomic E-state index is 11.8. The second kappa shape index (κ2) is 5.15. The number of benzene rings is 1. The van der Waals surface area contributed by atoms with E-state index in [4.69, 9.17) is 0 Å². The molecule has 0 atom stereocenters. The van der Waals surface area contributed by atoms with Gasteiger partial charge in [-0.2, -0.15) is 0 Å². The molecule has 0 radical (unpaired) electrons. The lowest BCUT2D eigenvalue weighted by Crippen LogP contribution is -2.34. The first kappa shape index (κ1) is 12.8.